The van der Waals surface area contributed by atoms with Crippen molar-refractivity contribution in [3.05, 3.63) is 84.0 Å². The molecule has 0 saturated carbocycles. The van der Waals surface area contributed by atoms with Gasteiger partial charge in [0.1, 0.15) is 11.8 Å². The van der Waals surface area contributed by atoms with Crippen LogP contribution in [0.1, 0.15) is 18.5 Å². The standard InChI is InChI=1S/C23H20N6O3/c1-14-19(22(30)26-16-8-3-4-9-17(16)31-2)20(15-7-5-11-24-13-15)29-23(25-14)27-21(28-29)18-10-6-12-32-18/h3-13,20H,1-2H3,(H,26,30)(H,25,27,28)/t20-/m1/s1. The number of ether oxygens (including phenoxy) is 1. The summed E-state index contributed by atoms with van der Waals surface area (Å²) in [6.45, 7) is 1.84. The van der Waals surface area contributed by atoms with Crippen LogP contribution >= 0.6 is 0 Å². The molecule has 32 heavy (non-hydrogen) atoms. The lowest BCUT2D eigenvalue weighted by molar-refractivity contribution is -0.113. The second-order valence-corrected chi connectivity index (χ2v) is 7.19. The number of hydrogen-bond acceptors (Lipinski definition) is 7. The molecule has 4 aromatic rings. The van der Waals surface area contributed by atoms with Gasteiger partial charge in [-0.15, -0.1) is 5.10 Å². The highest BCUT2D eigenvalue weighted by molar-refractivity contribution is 6.06. The molecule has 0 radical (unpaired) electrons. The minimum Gasteiger partial charge on any atom is -0.495 e. The van der Waals surface area contributed by atoms with E-state index >= 15 is 0 Å². The van der Waals surface area contributed by atoms with Crippen molar-refractivity contribution in [1.82, 2.24) is 19.7 Å². The number of amides is 1. The molecule has 0 unspecified atom stereocenters. The third kappa shape index (κ3) is 3.39. The zero-order chi connectivity index (χ0) is 22.1. The van der Waals surface area contributed by atoms with Gasteiger partial charge in [-0.05, 0) is 42.8 Å². The van der Waals surface area contributed by atoms with Gasteiger partial charge in [0.15, 0.2) is 5.76 Å². The lowest BCUT2D eigenvalue weighted by atomic mass is 9.96. The lowest BCUT2D eigenvalue weighted by Gasteiger charge is -2.28. The van der Waals surface area contributed by atoms with Crippen molar-refractivity contribution in [2.45, 2.75) is 13.0 Å². The van der Waals surface area contributed by atoms with Gasteiger partial charge in [0.2, 0.25) is 11.8 Å². The Morgan fingerprint density at radius 3 is 2.81 bits per heavy atom. The molecule has 1 amide bonds. The number of para-hydroxylation sites is 2. The van der Waals surface area contributed by atoms with Crippen molar-refractivity contribution in [3.63, 3.8) is 0 Å². The average Bonchev–Trinajstić information content (AvgIpc) is 3.49. The minimum absolute atomic E-state index is 0.283. The molecule has 1 aromatic carbocycles. The maximum absolute atomic E-state index is 13.5. The summed E-state index contributed by atoms with van der Waals surface area (Å²) < 4.78 is 12.5. The van der Waals surface area contributed by atoms with Crippen molar-refractivity contribution < 1.29 is 13.9 Å². The Labute approximate surface area is 183 Å². The number of hydrogen-bond donors (Lipinski definition) is 2. The maximum atomic E-state index is 13.5. The van der Waals surface area contributed by atoms with Crippen LogP contribution in [0, 0.1) is 0 Å². The van der Waals surface area contributed by atoms with Crippen LogP contribution in [0.2, 0.25) is 0 Å². The van der Waals surface area contributed by atoms with E-state index in [9.17, 15) is 4.79 Å². The van der Waals surface area contributed by atoms with Crippen molar-refractivity contribution >= 4 is 17.5 Å². The van der Waals surface area contributed by atoms with E-state index in [1.807, 2.05) is 31.2 Å². The van der Waals surface area contributed by atoms with E-state index in [2.05, 4.69) is 25.7 Å². The van der Waals surface area contributed by atoms with Crippen molar-refractivity contribution in [2.75, 3.05) is 17.7 Å². The van der Waals surface area contributed by atoms with Crippen LogP contribution in [0.5, 0.6) is 5.75 Å². The zero-order valence-corrected chi connectivity index (χ0v) is 17.4. The van der Waals surface area contributed by atoms with Gasteiger partial charge >= 0.3 is 0 Å². The molecule has 0 bridgehead atoms. The summed E-state index contributed by atoms with van der Waals surface area (Å²) in [5.74, 6) is 1.76. The fourth-order valence-corrected chi connectivity index (χ4v) is 3.74. The molecule has 4 heterocycles. The third-order valence-corrected chi connectivity index (χ3v) is 5.19. The van der Waals surface area contributed by atoms with Gasteiger partial charge in [-0.1, -0.05) is 18.2 Å². The molecule has 0 spiro atoms. The Morgan fingerprint density at radius 2 is 2.06 bits per heavy atom. The number of pyridine rings is 1. The Morgan fingerprint density at radius 1 is 1.19 bits per heavy atom. The third-order valence-electron chi connectivity index (χ3n) is 5.19. The Bertz CT molecular complexity index is 1290. The number of methoxy groups -OCH3 is 1. The van der Waals surface area contributed by atoms with E-state index in [0.717, 1.165) is 5.56 Å². The van der Waals surface area contributed by atoms with Crippen LogP contribution < -0.4 is 15.4 Å². The second-order valence-electron chi connectivity index (χ2n) is 7.19. The van der Waals surface area contributed by atoms with Crippen LogP contribution in [0.15, 0.2) is 82.9 Å². The molecule has 9 heteroatoms. The smallest absolute Gasteiger partial charge is 0.255 e. The van der Waals surface area contributed by atoms with E-state index in [4.69, 9.17) is 9.15 Å². The molecule has 0 fully saturated rings. The lowest BCUT2D eigenvalue weighted by Crippen LogP contribution is -2.31. The number of carbonyl (C=O) groups excluding carboxylic acids is 1. The van der Waals surface area contributed by atoms with E-state index < -0.39 is 6.04 Å². The largest absolute Gasteiger partial charge is 0.495 e. The van der Waals surface area contributed by atoms with E-state index in [-0.39, 0.29) is 5.91 Å². The number of nitrogens with zero attached hydrogens (tertiary/aromatic N) is 4. The molecule has 1 aliphatic rings. The zero-order valence-electron chi connectivity index (χ0n) is 17.4. The van der Waals surface area contributed by atoms with E-state index in [0.29, 0.717) is 40.2 Å². The fraction of sp³-hybridized carbons (Fsp3) is 0.130. The van der Waals surface area contributed by atoms with Crippen LogP contribution in [0.3, 0.4) is 0 Å². The first-order valence-corrected chi connectivity index (χ1v) is 9.98. The van der Waals surface area contributed by atoms with Crippen molar-refractivity contribution in [2.24, 2.45) is 0 Å². The number of aromatic nitrogens is 4. The van der Waals surface area contributed by atoms with Crippen LogP contribution in [0.4, 0.5) is 11.6 Å². The topological polar surface area (TPSA) is 107 Å². The van der Waals surface area contributed by atoms with Gasteiger partial charge < -0.3 is 19.8 Å². The molecular formula is C23H20N6O3. The molecule has 0 saturated heterocycles. The Hall–Kier alpha value is -4.40. The molecule has 3 aromatic heterocycles. The van der Waals surface area contributed by atoms with Crippen LogP contribution in [-0.4, -0.2) is 32.8 Å². The number of allylic oxidation sites excluding steroid dienone is 1. The highest BCUT2D eigenvalue weighted by atomic mass is 16.5. The first-order valence-electron chi connectivity index (χ1n) is 9.98. The minimum atomic E-state index is -0.536. The Kier molecular flexibility index (Phi) is 4.91. The van der Waals surface area contributed by atoms with Crippen LogP contribution in [0.25, 0.3) is 11.6 Å². The van der Waals surface area contributed by atoms with E-state index in [1.54, 1.807) is 54.7 Å². The number of fused-ring (bicyclic) bond motifs is 1. The molecular weight excluding hydrogens is 408 g/mol. The predicted octanol–water partition coefficient (Wildman–Crippen LogP) is 3.87. The summed E-state index contributed by atoms with van der Waals surface area (Å²) >= 11 is 0. The van der Waals surface area contributed by atoms with Gasteiger partial charge in [0.05, 0.1) is 24.6 Å². The highest BCUT2D eigenvalue weighted by Gasteiger charge is 2.35. The van der Waals surface area contributed by atoms with Gasteiger partial charge in [-0.25, -0.2) is 4.68 Å². The molecule has 5 rings (SSSR count). The predicted molar refractivity (Wildman–Crippen MR) is 118 cm³/mol. The quantitative estimate of drug-likeness (QED) is 0.497. The number of carbonyl (C=O) groups is 1. The summed E-state index contributed by atoms with van der Waals surface area (Å²) in [6, 6.07) is 14.0. The highest BCUT2D eigenvalue weighted by Crippen LogP contribution is 2.37. The monoisotopic (exact) mass is 428 g/mol. The molecule has 1 atom stereocenters. The Balaban J connectivity index is 1.59. The molecule has 160 valence electrons. The normalized spacial score (nSPS) is 15.1. The number of furan rings is 1. The van der Waals surface area contributed by atoms with Crippen molar-refractivity contribution in [1.29, 1.82) is 0 Å². The summed E-state index contributed by atoms with van der Waals surface area (Å²) in [5.41, 5.74) is 2.53. The number of benzene rings is 1. The maximum Gasteiger partial charge on any atom is 0.255 e. The molecule has 1 aliphatic heterocycles. The van der Waals surface area contributed by atoms with Gasteiger partial charge in [-0.2, -0.15) is 4.98 Å². The summed E-state index contributed by atoms with van der Waals surface area (Å²) in [5, 5.41) is 10.8. The van der Waals surface area contributed by atoms with E-state index in [1.165, 1.54) is 0 Å². The number of rotatable bonds is 5. The SMILES string of the molecule is COc1ccccc1NC(=O)C1=C(C)Nc2nc(-c3ccco3)nn2[C@@H]1c1cccnc1. The van der Waals surface area contributed by atoms with Crippen molar-refractivity contribution in [3.8, 4) is 17.3 Å². The van der Waals surface area contributed by atoms with Gasteiger partial charge in [-0.3, -0.25) is 9.78 Å². The molecule has 9 nitrogen and oxygen atoms in total. The van der Waals surface area contributed by atoms with Crippen LogP contribution in [-0.2, 0) is 4.79 Å². The summed E-state index contributed by atoms with van der Waals surface area (Å²) in [7, 11) is 1.56. The fourth-order valence-electron chi connectivity index (χ4n) is 3.74. The van der Waals surface area contributed by atoms with Gasteiger partial charge in [0, 0.05) is 18.1 Å². The summed E-state index contributed by atoms with van der Waals surface area (Å²) in [6.07, 6.45) is 4.97. The second kappa shape index (κ2) is 8.03. The summed E-state index contributed by atoms with van der Waals surface area (Å²) in [4.78, 5) is 22.3. The average molecular weight is 428 g/mol. The van der Waals surface area contributed by atoms with Gasteiger partial charge in [0.25, 0.3) is 5.91 Å². The first kappa shape index (κ1) is 19.6. The number of nitrogens with one attached hydrogen (secondary N) is 2. The molecule has 2 N–H and O–H groups in total. The first-order chi connectivity index (χ1) is 15.7. The number of anilines is 2. The molecule has 0 aliphatic carbocycles.